The van der Waals surface area contributed by atoms with Crippen molar-refractivity contribution in [2.75, 3.05) is 11.8 Å². The van der Waals surface area contributed by atoms with Crippen molar-refractivity contribution in [2.24, 2.45) is 5.92 Å². The van der Waals surface area contributed by atoms with Gasteiger partial charge in [-0.15, -0.1) is 22.7 Å². The Balaban J connectivity index is 1.59. The molecule has 9 nitrogen and oxygen atoms in total. The van der Waals surface area contributed by atoms with Gasteiger partial charge in [-0.1, -0.05) is 48.5 Å². The number of ether oxygens (including phenoxy) is 1. The van der Waals surface area contributed by atoms with Gasteiger partial charge >= 0.3 is 16.3 Å². The molecule has 0 spiro atoms. The number of nitrogens with one attached hydrogen (secondary N) is 2. The summed E-state index contributed by atoms with van der Waals surface area (Å²) in [6, 6.07) is 18.9. The highest BCUT2D eigenvalue weighted by Gasteiger charge is 2.31. The largest absolute Gasteiger partial charge is 0.468 e. The van der Waals surface area contributed by atoms with E-state index >= 15 is 0 Å². The van der Waals surface area contributed by atoms with Gasteiger partial charge in [0.05, 0.1) is 29.4 Å². The third kappa shape index (κ3) is 7.48. The lowest BCUT2D eigenvalue weighted by molar-refractivity contribution is -0.150. The number of methoxy groups -OCH3 is 1. The fourth-order valence-corrected chi connectivity index (χ4v) is 5.89. The monoisotopic (exact) mass is 571 g/mol. The summed E-state index contributed by atoms with van der Waals surface area (Å²) in [5.74, 6) is -2.17. The Morgan fingerprint density at radius 1 is 0.974 bits per heavy atom. The van der Waals surface area contributed by atoms with Gasteiger partial charge in [0, 0.05) is 5.38 Å². The second kappa shape index (κ2) is 12.3. The van der Waals surface area contributed by atoms with Crippen LogP contribution >= 0.6 is 22.7 Å². The fraction of sp³-hybridized carbons (Fsp3) is 0.192. The summed E-state index contributed by atoms with van der Waals surface area (Å²) in [4.78, 5) is 31.7. The van der Waals surface area contributed by atoms with Crippen LogP contribution in [-0.4, -0.2) is 36.9 Å². The molecule has 4 aromatic rings. The molecule has 2 aromatic carbocycles. The molecule has 1 amide bonds. The van der Waals surface area contributed by atoms with Crippen molar-refractivity contribution < 1.29 is 27.3 Å². The van der Waals surface area contributed by atoms with Crippen LogP contribution in [0.1, 0.15) is 22.2 Å². The van der Waals surface area contributed by atoms with Gasteiger partial charge in [-0.3, -0.25) is 18.9 Å². The molecule has 38 heavy (non-hydrogen) atoms. The topological polar surface area (TPSA) is 135 Å². The predicted molar refractivity (Wildman–Crippen MR) is 147 cm³/mol. The number of aromatic nitrogens is 1. The van der Waals surface area contributed by atoms with Gasteiger partial charge in [0.15, 0.2) is 0 Å². The minimum atomic E-state index is -4.40. The van der Waals surface area contributed by atoms with Crippen molar-refractivity contribution in [3.8, 4) is 10.6 Å². The molecule has 0 fully saturated rings. The lowest BCUT2D eigenvalue weighted by Gasteiger charge is -2.21. The molecule has 0 bridgehead atoms. The Labute approximate surface area is 228 Å². The maximum absolute atomic E-state index is 13.4. The number of hydrogen-bond acceptors (Lipinski definition) is 8. The second-order valence-electron chi connectivity index (χ2n) is 8.35. The first-order valence-electron chi connectivity index (χ1n) is 11.5. The summed E-state index contributed by atoms with van der Waals surface area (Å²) < 4.78 is 38.1. The zero-order valence-electron chi connectivity index (χ0n) is 20.2. The highest BCUT2D eigenvalue weighted by atomic mass is 32.2. The summed E-state index contributed by atoms with van der Waals surface area (Å²) in [7, 11) is -3.14. The van der Waals surface area contributed by atoms with Gasteiger partial charge in [-0.05, 0) is 47.5 Å². The van der Waals surface area contributed by atoms with E-state index in [1.54, 1.807) is 23.5 Å². The van der Waals surface area contributed by atoms with Gasteiger partial charge in [0.25, 0.3) is 0 Å². The van der Waals surface area contributed by atoms with Crippen molar-refractivity contribution >= 4 is 50.5 Å². The number of thiophene rings is 1. The molecule has 2 unspecified atom stereocenters. The third-order valence-corrected chi connectivity index (χ3v) is 7.98. The molecule has 0 saturated heterocycles. The van der Waals surface area contributed by atoms with Gasteiger partial charge in [0.2, 0.25) is 5.91 Å². The van der Waals surface area contributed by atoms with E-state index < -0.39 is 34.1 Å². The molecule has 12 heteroatoms. The van der Waals surface area contributed by atoms with Crippen molar-refractivity contribution in [3.63, 3.8) is 0 Å². The number of anilines is 1. The lowest BCUT2D eigenvalue weighted by Crippen LogP contribution is -2.40. The minimum absolute atomic E-state index is 0.181. The second-order valence-corrected chi connectivity index (χ2v) is 11.3. The first kappa shape index (κ1) is 27.5. The van der Waals surface area contributed by atoms with Crippen LogP contribution in [0, 0.1) is 5.92 Å². The molecule has 4 rings (SSSR count). The molecule has 2 aromatic heterocycles. The van der Waals surface area contributed by atoms with Crippen LogP contribution in [0.15, 0.2) is 77.5 Å². The summed E-state index contributed by atoms with van der Waals surface area (Å²) in [5.41, 5.74) is 2.59. The zero-order chi connectivity index (χ0) is 27.1. The fourth-order valence-electron chi connectivity index (χ4n) is 3.83. The predicted octanol–water partition coefficient (Wildman–Crippen LogP) is 4.52. The average Bonchev–Trinajstić information content (AvgIpc) is 3.60. The van der Waals surface area contributed by atoms with Crippen LogP contribution in [0.4, 0.5) is 5.69 Å². The van der Waals surface area contributed by atoms with Crippen LogP contribution in [0.25, 0.3) is 10.6 Å². The van der Waals surface area contributed by atoms with E-state index in [2.05, 4.69) is 5.32 Å². The van der Waals surface area contributed by atoms with Gasteiger partial charge in [0.1, 0.15) is 10.9 Å². The van der Waals surface area contributed by atoms with Crippen LogP contribution in [0.3, 0.4) is 0 Å². The summed E-state index contributed by atoms with van der Waals surface area (Å²) in [5, 5.41) is 7.52. The summed E-state index contributed by atoms with van der Waals surface area (Å²) >= 11 is 2.96. The van der Waals surface area contributed by atoms with Gasteiger partial charge < -0.3 is 10.1 Å². The number of benzene rings is 2. The van der Waals surface area contributed by atoms with Crippen molar-refractivity contribution in [1.82, 2.24) is 10.3 Å². The SMILES string of the molecule is COC(=O)C(Cc1ccccc1)C(=O)NC(Cc1ccc(NS(=O)(=O)O)cc1)c1nc(-c2cccs2)cs1. The summed E-state index contributed by atoms with van der Waals surface area (Å²) in [6.45, 7) is 0. The molecule has 0 aliphatic carbocycles. The normalized spacial score (nSPS) is 12.9. The molecule has 2 atom stereocenters. The van der Waals surface area contributed by atoms with Crippen molar-refractivity contribution in [1.29, 1.82) is 0 Å². The van der Waals surface area contributed by atoms with Crippen LogP contribution in [-0.2, 0) is 37.5 Å². The number of carbonyl (C=O) groups is 2. The van der Waals surface area contributed by atoms with E-state index in [0.29, 0.717) is 11.4 Å². The molecular weight excluding hydrogens is 547 g/mol. The molecule has 3 N–H and O–H groups in total. The quantitative estimate of drug-likeness (QED) is 0.137. The van der Waals surface area contributed by atoms with E-state index in [4.69, 9.17) is 14.3 Å². The standard InChI is InChI=1S/C26H25N3O6S3/c1-35-26(31)20(14-17-6-3-2-4-7-17)24(30)27-21(25-28-22(16-37-25)23-8-5-13-36-23)15-18-9-11-19(12-10-18)29-38(32,33)34/h2-13,16,20-21,29H,14-15H2,1H3,(H,27,30)(H,32,33,34). The lowest BCUT2D eigenvalue weighted by atomic mass is 9.97. The van der Waals surface area contributed by atoms with Crippen molar-refractivity contribution in [3.05, 3.63) is 93.6 Å². The molecule has 0 radical (unpaired) electrons. The molecule has 0 saturated carbocycles. The number of carbonyl (C=O) groups excluding carboxylic acids is 2. The maximum Gasteiger partial charge on any atom is 0.357 e. The number of esters is 1. The Morgan fingerprint density at radius 2 is 1.68 bits per heavy atom. The van der Waals surface area contributed by atoms with E-state index in [9.17, 15) is 18.0 Å². The van der Waals surface area contributed by atoms with E-state index in [0.717, 1.165) is 21.7 Å². The Kier molecular flexibility index (Phi) is 8.89. The van der Waals surface area contributed by atoms with E-state index in [-0.39, 0.29) is 12.1 Å². The molecule has 198 valence electrons. The highest BCUT2D eigenvalue weighted by Crippen LogP contribution is 2.30. The number of rotatable bonds is 11. The van der Waals surface area contributed by atoms with Gasteiger partial charge in [-0.2, -0.15) is 8.42 Å². The van der Waals surface area contributed by atoms with E-state index in [1.807, 2.05) is 57.9 Å². The first-order valence-corrected chi connectivity index (χ1v) is 14.7. The number of hydrogen-bond donors (Lipinski definition) is 3. The smallest absolute Gasteiger partial charge is 0.357 e. The maximum atomic E-state index is 13.4. The zero-order valence-corrected chi connectivity index (χ0v) is 22.7. The Bertz CT molecular complexity index is 1470. The average molecular weight is 572 g/mol. The van der Waals surface area contributed by atoms with Crippen LogP contribution in [0.5, 0.6) is 0 Å². The molecular formula is C26H25N3O6S3. The highest BCUT2D eigenvalue weighted by molar-refractivity contribution is 7.87. The minimum Gasteiger partial charge on any atom is -0.468 e. The Hall–Kier alpha value is -3.58. The first-order chi connectivity index (χ1) is 18.2. The van der Waals surface area contributed by atoms with Crippen molar-refractivity contribution in [2.45, 2.75) is 18.9 Å². The van der Waals surface area contributed by atoms with Gasteiger partial charge in [-0.25, -0.2) is 4.98 Å². The van der Waals surface area contributed by atoms with Crippen LogP contribution < -0.4 is 10.0 Å². The molecule has 0 aliphatic rings. The number of thiazole rings is 1. The van der Waals surface area contributed by atoms with Crippen LogP contribution in [0.2, 0.25) is 0 Å². The molecule has 0 aliphatic heterocycles. The summed E-state index contributed by atoms with van der Waals surface area (Å²) in [6.07, 6.45) is 0.509. The van der Waals surface area contributed by atoms with E-state index in [1.165, 1.54) is 30.6 Å². The Morgan fingerprint density at radius 3 is 2.32 bits per heavy atom. The number of nitrogens with zero attached hydrogens (tertiary/aromatic N) is 1. The third-order valence-electron chi connectivity index (χ3n) is 5.64. The number of amides is 1. The molecule has 2 heterocycles.